The van der Waals surface area contributed by atoms with Gasteiger partial charge >= 0.3 is 0 Å². The van der Waals surface area contributed by atoms with Crippen LogP contribution < -0.4 is 5.73 Å². The summed E-state index contributed by atoms with van der Waals surface area (Å²) < 4.78 is 1.47. The second-order valence-corrected chi connectivity index (χ2v) is 6.19. The van der Waals surface area contributed by atoms with E-state index in [0.29, 0.717) is 21.9 Å². The van der Waals surface area contributed by atoms with E-state index in [4.69, 9.17) is 17.3 Å². The van der Waals surface area contributed by atoms with E-state index in [1.165, 1.54) is 4.68 Å². The molecule has 0 fully saturated rings. The molecule has 0 saturated carbocycles. The third-order valence-corrected chi connectivity index (χ3v) is 4.57. The Morgan fingerprint density at radius 3 is 2.76 bits per heavy atom. The van der Waals surface area contributed by atoms with Gasteiger partial charge in [-0.2, -0.15) is 4.68 Å². The number of nitrogens with two attached hydrogens (primary N) is 1. The highest BCUT2D eigenvalue weighted by atomic mass is 35.5. The average molecular weight is 357 g/mol. The molecule has 2 N–H and O–H groups in total. The number of anilines is 1. The second-order valence-electron chi connectivity index (χ2n) is 5.75. The monoisotopic (exact) mass is 356 g/mol. The lowest BCUT2D eigenvalue weighted by Gasteiger charge is -2.13. The Balaban J connectivity index is 0.000000880. The number of hydrogen-bond acceptors (Lipinski definition) is 4. The summed E-state index contributed by atoms with van der Waals surface area (Å²) in [6.07, 6.45) is 5.48. The van der Waals surface area contributed by atoms with Crippen molar-refractivity contribution < 1.29 is 4.79 Å². The summed E-state index contributed by atoms with van der Waals surface area (Å²) in [6, 6.07) is 7.04. The van der Waals surface area contributed by atoms with Crippen molar-refractivity contribution in [2.45, 2.75) is 39.5 Å². The normalized spacial score (nSPS) is 13.1. The number of carbonyl (C=O) groups excluding carboxylic acids is 1. The van der Waals surface area contributed by atoms with Crippen LogP contribution in [0.25, 0.3) is 10.9 Å². The molecule has 130 valence electrons. The number of rotatable bonds is 1. The first-order chi connectivity index (χ1) is 12.1. The van der Waals surface area contributed by atoms with Gasteiger partial charge in [0.2, 0.25) is 0 Å². The summed E-state index contributed by atoms with van der Waals surface area (Å²) in [5.41, 5.74) is 9.21. The fourth-order valence-corrected chi connectivity index (χ4v) is 3.38. The number of carbonyl (C=O) groups is 1. The van der Waals surface area contributed by atoms with Gasteiger partial charge in [0.05, 0.1) is 16.8 Å². The fourth-order valence-electron chi connectivity index (χ4n) is 3.22. The van der Waals surface area contributed by atoms with E-state index in [2.05, 4.69) is 10.1 Å². The van der Waals surface area contributed by atoms with Crippen molar-refractivity contribution in [2.75, 3.05) is 5.73 Å². The highest BCUT2D eigenvalue weighted by molar-refractivity contribution is 6.31. The lowest BCUT2D eigenvalue weighted by molar-refractivity contribution is 0.0943. The molecule has 6 heteroatoms. The lowest BCUT2D eigenvalue weighted by atomic mass is 9.97. The van der Waals surface area contributed by atoms with Crippen LogP contribution in [0.1, 0.15) is 48.3 Å². The molecular weight excluding hydrogens is 336 g/mol. The maximum Gasteiger partial charge on any atom is 0.279 e. The van der Waals surface area contributed by atoms with Crippen LogP contribution in [0.5, 0.6) is 0 Å². The van der Waals surface area contributed by atoms with Crippen LogP contribution in [-0.4, -0.2) is 20.7 Å². The van der Waals surface area contributed by atoms with E-state index < -0.39 is 0 Å². The Bertz CT molecular complexity index is 933. The number of nitrogens with zero attached hydrogens (tertiary/aromatic N) is 3. The third-order valence-electron chi connectivity index (χ3n) is 4.34. The van der Waals surface area contributed by atoms with Crippen molar-refractivity contribution in [2.24, 2.45) is 0 Å². The van der Waals surface area contributed by atoms with Crippen LogP contribution in [0.15, 0.2) is 30.5 Å². The summed E-state index contributed by atoms with van der Waals surface area (Å²) in [5.74, 6) is 0.295. The lowest BCUT2D eigenvalue weighted by Crippen LogP contribution is -2.19. The molecule has 0 amide bonds. The number of halogens is 1. The molecule has 4 rings (SSSR count). The minimum absolute atomic E-state index is 0.172. The van der Waals surface area contributed by atoms with Gasteiger partial charge in [-0.05, 0) is 43.9 Å². The van der Waals surface area contributed by atoms with Crippen molar-refractivity contribution in [3.05, 3.63) is 52.3 Å². The molecule has 0 aliphatic heterocycles. The molecule has 1 aliphatic carbocycles. The van der Waals surface area contributed by atoms with Gasteiger partial charge in [0, 0.05) is 22.2 Å². The van der Waals surface area contributed by atoms with E-state index in [1.807, 2.05) is 19.9 Å². The Hall–Kier alpha value is -2.40. The van der Waals surface area contributed by atoms with Crippen LogP contribution in [0.3, 0.4) is 0 Å². The fraction of sp³-hybridized carbons (Fsp3) is 0.316. The van der Waals surface area contributed by atoms with E-state index in [-0.39, 0.29) is 5.91 Å². The van der Waals surface area contributed by atoms with Gasteiger partial charge in [0.1, 0.15) is 5.82 Å². The first-order valence-corrected chi connectivity index (χ1v) is 8.98. The van der Waals surface area contributed by atoms with Gasteiger partial charge in [0.15, 0.2) is 0 Å². The van der Waals surface area contributed by atoms with Crippen LogP contribution in [0.2, 0.25) is 5.02 Å². The number of nitrogen functional groups attached to an aromatic ring is 1. The van der Waals surface area contributed by atoms with Gasteiger partial charge in [-0.3, -0.25) is 9.78 Å². The van der Waals surface area contributed by atoms with Crippen LogP contribution in [-0.2, 0) is 12.8 Å². The van der Waals surface area contributed by atoms with Crippen LogP contribution in [0.4, 0.5) is 5.82 Å². The minimum atomic E-state index is -0.172. The molecule has 1 aromatic carbocycles. The Kier molecular flexibility index (Phi) is 5.04. The molecule has 25 heavy (non-hydrogen) atoms. The molecular formula is C19H21ClN4O. The molecule has 2 heterocycles. The Morgan fingerprint density at radius 2 is 1.96 bits per heavy atom. The van der Waals surface area contributed by atoms with Gasteiger partial charge in [0.25, 0.3) is 5.91 Å². The minimum Gasteiger partial charge on any atom is -0.382 e. The van der Waals surface area contributed by atoms with Gasteiger partial charge < -0.3 is 5.73 Å². The number of aromatic nitrogens is 3. The van der Waals surface area contributed by atoms with Crippen molar-refractivity contribution >= 4 is 34.2 Å². The molecule has 2 aromatic heterocycles. The standard InChI is InChI=1S/C17H15ClN4O.C2H6/c18-10-5-6-11-12(7-8-20-14(11)9-10)17(23)22-15-4-2-1-3-13(15)16(19)21-22;1-2/h5-9H,1-4H2,(H2,19,21);1-2H3. The molecule has 0 unspecified atom stereocenters. The summed E-state index contributed by atoms with van der Waals surface area (Å²) in [7, 11) is 0. The Morgan fingerprint density at radius 1 is 1.20 bits per heavy atom. The van der Waals surface area contributed by atoms with Crippen molar-refractivity contribution in [1.29, 1.82) is 0 Å². The first-order valence-electron chi connectivity index (χ1n) is 8.60. The molecule has 5 nitrogen and oxygen atoms in total. The number of hydrogen-bond donors (Lipinski definition) is 1. The summed E-state index contributed by atoms with van der Waals surface area (Å²) in [5, 5.41) is 5.65. The van der Waals surface area contributed by atoms with Crippen molar-refractivity contribution in [3.8, 4) is 0 Å². The Labute approximate surface area is 151 Å². The van der Waals surface area contributed by atoms with E-state index in [9.17, 15) is 4.79 Å². The first kappa shape index (κ1) is 17.4. The smallest absolute Gasteiger partial charge is 0.279 e. The maximum absolute atomic E-state index is 13.0. The quantitative estimate of drug-likeness (QED) is 0.707. The second kappa shape index (κ2) is 7.23. The average Bonchev–Trinajstić information content (AvgIpc) is 2.99. The van der Waals surface area contributed by atoms with E-state index >= 15 is 0 Å². The summed E-state index contributed by atoms with van der Waals surface area (Å²) in [4.78, 5) is 17.3. The van der Waals surface area contributed by atoms with E-state index in [0.717, 1.165) is 42.3 Å². The number of benzene rings is 1. The molecule has 1 aliphatic rings. The molecule has 0 bridgehead atoms. The molecule has 0 spiro atoms. The maximum atomic E-state index is 13.0. The largest absolute Gasteiger partial charge is 0.382 e. The SMILES string of the molecule is CC.Nc1nn(C(=O)c2ccnc3cc(Cl)ccc23)c2c1CCCC2. The zero-order valence-electron chi connectivity index (χ0n) is 14.4. The number of fused-ring (bicyclic) bond motifs is 2. The predicted octanol–water partition coefficient (Wildman–Crippen LogP) is 4.26. The number of pyridine rings is 1. The zero-order valence-corrected chi connectivity index (χ0v) is 15.2. The predicted molar refractivity (Wildman–Crippen MR) is 101 cm³/mol. The highest BCUT2D eigenvalue weighted by Crippen LogP contribution is 2.28. The van der Waals surface area contributed by atoms with Crippen LogP contribution in [0, 0.1) is 0 Å². The zero-order chi connectivity index (χ0) is 18.0. The molecule has 0 radical (unpaired) electrons. The topological polar surface area (TPSA) is 73.8 Å². The van der Waals surface area contributed by atoms with Gasteiger partial charge in [-0.15, -0.1) is 5.10 Å². The molecule has 3 aromatic rings. The van der Waals surface area contributed by atoms with Crippen molar-refractivity contribution in [3.63, 3.8) is 0 Å². The van der Waals surface area contributed by atoms with E-state index in [1.54, 1.807) is 24.4 Å². The van der Waals surface area contributed by atoms with Gasteiger partial charge in [-0.1, -0.05) is 31.5 Å². The highest BCUT2D eigenvalue weighted by Gasteiger charge is 2.24. The van der Waals surface area contributed by atoms with Gasteiger partial charge in [-0.25, -0.2) is 0 Å². The summed E-state index contributed by atoms with van der Waals surface area (Å²) in [6.45, 7) is 4.00. The third kappa shape index (κ3) is 3.12. The molecule has 0 saturated heterocycles. The molecule has 0 atom stereocenters. The van der Waals surface area contributed by atoms with Crippen molar-refractivity contribution in [1.82, 2.24) is 14.8 Å². The summed E-state index contributed by atoms with van der Waals surface area (Å²) >= 11 is 6.01. The van der Waals surface area contributed by atoms with Crippen LogP contribution >= 0.6 is 11.6 Å².